The molecule has 0 saturated carbocycles. The predicted molar refractivity (Wildman–Crippen MR) is 73.8 cm³/mol. The molecule has 1 atom stereocenters. The van der Waals surface area contributed by atoms with Crippen molar-refractivity contribution >= 4 is 27.9 Å². The minimum Gasteiger partial charge on any atom is -0.363 e. The van der Waals surface area contributed by atoms with Crippen molar-refractivity contribution in [1.29, 1.82) is 0 Å². The molecule has 7 nitrogen and oxygen atoms in total. The van der Waals surface area contributed by atoms with Crippen LogP contribution in [0.4, 0.5) is 11.6 Å². The molecule has 2 N–H and O–H groups in total. The second-order valence-corrected chi connectivity index (χ2v) is 5.56. The number of imidazole rings is 1. The van der Waals surface area contributed by atoms with E-state index in [0.717, 1.165) is 32.5 Å². The van der Waals surface area contributed by atoms with Crippen molar-refractivity contribution in [3.63, 3.8) is 0 Å². The van der Waals surface area contributed by atoms with Crippen molar-refractivity contribution in [3.05, 3.63) is 21.7 Å². The molecule has 1 aliphatic rings. The average Bonchev–Trinajstić information content (AvgIpc) is 2.96. The Labute approximate surface area is 113 Å². The molecule has 3 rings (SSSR count). The van der Waals surface area contributed by atoms with Gasteiger partial charge in [-0.2, -0.15) is 9.38 Å². The minimum absolute atomic E-state index is 0.0278. The van der Waals surface area contributed by atoms with E-state index >= 15 is 0 Å². The Morgan fingerprint density at radius 1 is 1.68 bits per heavy atom. The number of anilines is 1. The second-order valence-electron chi connectivity index (χ2n) is 4.69. The highest BCUT2D eigenvalue weighted by atomic mass is 32.1. The van der Waals surface area contributed by atoms with Crippen LogP contribution in [-0.2, 0) is 0 Å². The van der Waals surface area contributed by atoms with Crippen molar-refractivity contribution < 1.29 is 4.92 Å². The zero-order valence-electron chi connectivity index (χ0n) is 10.3. The number of nitrogens with zero attached hydrogens (tertiary/aromatic N) is 3. The summed E-state index contributed by atoms with van der Waals surface area (Å²) < 4.78 is 1.52. The van der Waals surface area contributed by atoms with Gasteiger partial charge in [0, 0.05) is 11.9 Å². The maximum Gasteiger partial charge on any atom is 0.372 e. The molecule has 3 heterocycles. The highest BCUT2D eigenvalue weighted by Gasteiger charge is 2.24. The molecule has 2 aromatic heterocycles. The van der Waals surface area contributed by atoms with Gasteiger partial charge in [-0.05, 0) is 36.8 Å². The third-order valence-electron chi connectivity index (χ3n) is 3.37. The number of hydrogen-bond donors (Lipinski definition) is 2. The summed E-state index contributed by atoms with van der Waals surface area (Å²) >= 11 is 1.40. The van der Waals surface area contributed by atoms with Crippen LogP contribution in [0.3, 0.4) is 0 Å². The highest BCUT2D eigenvalue weighted by molar-refractivity contribution is 7.15. The van der Waals surface area contributed by atoms with Crippen molar-refractivity contribution in [2.75, 3.05) is 25.0 Å². The van der Waals surface area contributed by atoms with Crippen LogP contribution in [-0.4, -0.2) is 33.9 Å². The van der Waals surface area contributed by atoms with E-state index in [4.69, 9.17) is 0 Å². The van der Waals surface area contributed by atoms with E-state index in [0.29, 0.717) is 16.7 Å². The average molecular weight is 281 g/mol. The van der Waals surface area contributed by atoms with Crippen molar-refractivity contribution in [1.82, 2.24) is 14.7 Å². The number of nitro groups is 1. The Morgan fingerprint density at radius 3 is 3.32 bits per heavy atom. The van der Waals surface area contributed by atoms with Gasteiger partial charge in [0.1, 0.15) is 6.20 Å². The smallest absolute Gasteiger partial charge is 0.363 e. The first kappa shape index (κ1) is 12.4. The molecule has 1 aliphatic heterocycles. The zero-order valence-corrected chi connectivity index (χ0v) is 11.2. The Kier molecular flexibility index (Phi) is 3.34. The van der Waals surface area contributed by atoms with Gasteiger partial charge in [-0.3, -0.25) is 0 Å². The van der Waals surface area contributed by atoms with Crippen molar-refractivity contribution in [2.24, 2.45) is 5.92 Å². The summed E-state index contributed by atoms with van der Waals surface area (Å²) in [7, 11) is 0. The molecule has 2 aromatic rings. The first-order valence-electron chi connectivity index (χ1n) is 6.30. The van der Waals surface area contributed by atoms with E-state index in [2.05, 4.69) is 15.6 Å². The predicted octanol–water partition coefficient (Wildman–Crippen LogP) is 1.72. The molecular weight excluding hydrogens is 266 g/mol. The summed E-state index contributed by atoms with van der Waals surface area (Å²) in [5.41, 5.74) is 0. The van der Waals surface area contributed by atoms with Crippen LogP contribution in [0.25, 0.3) is 4.96 Å². The number of nitrogens with one attached hydrogen (secondary N) is 2. The molecule has 1 fully saturated rings. The van der Waals surface area contributed by atoms with E-state index in [1.807, 2.05) is 0 Å². The van der Waals surface area contributed by atoms with Crippen LogP contribution in [0.2, 0.25) is 0 Å². The number of fused-ring (bicyclic) bond motifs is 1. The third-order valence-corrected chi connectivity index (χ3v) is 4.12. The molecular formula is C11H15N5O2S. The van der Waals surface area contributed by atoms with Crippen LogP contribution in [0.1, 0.15) is 12.8 Å². The molecule has 0 spiro atoms. The van der Waals surface area contributed by atoms with Gasteiger partial charge in [-0.25, -0.2) is 0 Å². The number of thiazole rings is 1. The van der Waals surface area contributed by atoms with Crippen LogP contribution >= 0.6 is 11.3 Å². The lowest BCUT2D eigenvalue weighted by atomic mass is 10.00. The largest absolute Gasteiger partial charge is 0.372 e. The Morgan fingerprint density at radius 2 is 2.58 bits per heavy atom. The van der Waals surface area contributed by atoms with E-state index in [-0.39, 0.29) is 10.7 Å². The molecule has 0 aromatic carbocycles. The summed E-state index contributed by atoms with van der Waals surface area (Å²) in [6, 6.07) is 0. The van der Waals surface area contributed by atoms with Crippen LogP contribution in [0.15, 0.2) is 11.6 Å². The standard InChI is InChI=1S/C11H15N5O2S/c17-16(18)10-9(14-11-15(10)4-5-19-11)13-7-8-2-1-3-12-6-8/h4-5,8,12-13H,1-3,6-7H2. The summed E-state index contributed by atoms with van der Waals surface area (Å²) in [5, 5.41) is 19.4. The maximum atomic E-state index is 11.1. The molecule has 0 amide bonds. The van der Waals surface area contributed by atoms with Gasteiger partial charge < -0.3 is 20.7 Å². The monoisotopic (exact) mass is 281 g/mol. The summed E-state index contributed by atoms with van der Waals surface area (Å²) in [6.07, 6.45) is 3.99. The minimum atomic E-state index is -0.381. The lowest BCUT2D eigenvalue weighted by Crippen LogP contribution is -2.33. The SMILES string of the molecule is O=[N+]([O-])c1c(NCC2CCCNC2)nc2sccn12. The Hall–Kier alpha value is -1.67. The second kappa shape index (κ2) is 5.14. The third kappa shape index (κ3) is 2.41. The fraction of sp³-hybridized carbons (Fsp3) is 0.545. The molecule has 8 heteroatoms. The fourth-order valence-corrected chi connectivity index (χ4v) is 3.12. The highest BCUT2D eigenvalue weighted by Crippen LogP contribution is 2.28. The molecule has 0 radical (unpaired) electrons. The van der Waals surface area contributed by atoms with Gasteiger partial charge >= 0.3 is 5.82 Å². The molecule has 19 heavy (non-hydrogen) atoms. The Balaban J connectivity index is 1.77. The normalized spacial score (nSPS) is 19.7. The number of aromatic nitrogens is 2. The van der Waals surface area contributed by atoms with Gasteiger partial charge in [0.25, 0.3) is 4.96 Å². The quantitative estimate of drug-likeness (QED) is 0.658. The molecule has 0 bridgehead atoms. The van der Waals surface area contributed by atoms with Crippen LogP contribution in [0.5, 0.6) is 0 Å². The number of piperidine rings is 1. The lowest BCUT2D eigenvalue weighted by Gasteiger charge is -2.22. The Bertz CT molecular complexity index is 587. The zero-order chi connectivity index (χ0) is 13.2. The van der Waals surface area contributed by atoms with Gasteiger partial charge in [-0.15, -0.1) is 0 Å². The first-order valence-corrected chi connectivity index (χ1v) is 7.18. The summed E-state index contributed by atoms with van der Waals surface area (Å²) in [5.74, 6) is 0.913. The fourth-order valence-electron chi connectivity index (χ4n) is 2.41. The van der Waals surface area contributed by atoms with Gasteiger partial charge in [-0.1, -0.05) is 11.3 Å². The number of rotatable bonds is 4. The van der Waals surface area contributed by atoms with E-state index in [1.54, 1.807) is 11.6 Å². The van der Waals surface area contributed by atoms with Gasteiger partial charge in [0.15, 0.2) is 0 Å². The van der Waals surface area contributed by atoms with E-state index in [9.17, 15) is 10.1 Å². The number of hydrogen-bond acceptors (Lipinski definition) is 6. The van der Waals surface area contributed by atoms with E-state index in [1.165, 1.54) is 15.7 Å². The lowest BCUT2D eigenvalue weighted by molar-refractivity contribution is -0.389. The summed E-state index contributed by atoms with van der Waals surface area (Å²) in [6.45, 7) is 2.75. The van der Waals surface area contributed by atoms with Crippen LogP contribution in [0, 0.1) is 16.0 Å². The molecule has 1 unspecified atom stereocenters. The van der Waals surface area contributed by atoms with E-state index < -0.39 is 0 Å². The maximum absolute atomic E-state index is 11.1. The first-order chi connectivity index (χ1) is 9.25. The topological polar surface area (TPSA) is 84.5 Å². The van der Waals surface area contributed by atoms with Crippen LogP contribution < -0.4 is 10.6 Å². The van der Waals surface area contributed by atoms with Crippen molar-refractivity contribution in [3.8, 4) is 0 Å². The van der Waals surface area contributed by atoms with Gasteiger partial charge in [0.2, 0.25) is 5.82 Å². The molecule has 102 valence electrons. The van der Waals surface area contributed by atoms with Gasteiger partial charge in [0.05, 0.1) is 0 Å². The molecule has 1 saturated heterocycles. The summed E-state index contributed by atoms with van der Waals surface area (Å²) in [4.78, 5) is 15.7. The van der Waals surface area contributed by atoms with Crippen molar-refractivity contribution in [2.45, 2.75) is 12.8 Å². The molecule has 0 aliphatic carbocycles.